The van der Waals surface area contributed by atoms with Gasteiger partial charge in [0.1, 0.15) is 29.6 Å². The van der Waals surface area contributed by atoms with Gasteiger partial charge in [0.2, 0.25) is 11.8 Å². The third-order valence-corrected chi connectivity index (χ3v) is 9.88. The van der Waals surface area contributed by atoms with E-state index in [1.54, 1.807) is 18.2 Å². The van der Waals surface area contributed by atoms with Crippen LogP contribution in [0.25, 0.3) is 21.9 Å². The second-order valence-electron chi connectivity index (χ2n) is 10.9. The number of ether oxygens (including phenoxy) is 3. The fourth-order valence-corrected chi connectivity index (χ4v) is 7.28. The van der Waals surface area contributed by atoms with E-state index in [0.717, 1.165) is 11.8 Å². The van der Waals surface area contributed by atoms with Crippen LogP contribution in [0.1, 0.15) is 39.8 Å². The fourth-order valence-electron chi connectivity index (χ4n) is 5.04. The number of hydrogen-bond donors (Lipinski definition) is 4. The van der Waals surface area contributed by atoms with Crippen molar-refractivity contribution in [2.45, 2.75) is 63.7 Å². The van der Waals surface area contributed by atoms with E-state index in [2.05, 4.69) is 20.0 Å². The van der Waals surface area contributed by atoms with Crippen molar-refractivity contribution in [2.75, 3.05) is 26.1 Å². The molecule has 1 fully saturated rings. The molecule has 46 heavy (non-hydrogen) atoms. The maximum absolute atomic E-state index is 14.3. The number of nitrogens with two attached hydrogens (primary N) is 1. The summed E-state index contributed by atoms with van der Waals surface area (Å²) < 4.78 is 44.6. The summed E-state index contributed by atoms with van der Waals surface area (Å²) in [6.07, 6.45) is -2.47. The number of anilines is 1. The number of fused-ring (bicyclic) bond motifs is 2. The van der Waals surface area contributed by atoms with Crippen LogP contribution in [-0.2, 0) is 23.4 Å². The van der Waals surface area contributed by atoms with Crippen molar-refractivity contribution in [1.82, 2.24) is 24.6 Å². The summed E-state index contributed by atoms with van der Waals surface area (Å²) in [7, 11) is -2.95. The molecule has 6 atom stereocenters. The molecule has 2 aromatic heterocycles. The lowest BCUT2D eigenvalue weighted by molar-refractivity contribution is -0.145. The predicted molar refractivity (Wildman–Crippen MR) is 176 cm³/mol. The molecule has 0 radical (unpaired) electrons. The second-order valence-corrected chi connectivity index (χ2v) is 13.6. The van der Waals surface area contributed by atoms with E-state index in [9.17, 15) is 19.6 Å². The van der Waals surface area contributed by atoms with Gasteiger partial charge < -0.3 is 34.7 Å². The number of aliphatic hydroxyl groups excluding tert-OH is 1. The Bertz CT molecular complexity index is 1770. The molecule has 0 saturated carbocycles. The zero-order valence-corrected chi connectivity index (χ0v) is 28.7. The third kappa shape index (κ3) is 6.93. The average molecular weight is 771 g/mol. The van der Waals surface area contributed by atoms with Crippen LogP contribution in [-0.4, -0.2) is 79.9 Å². The first-order chi connectivity index (χ1) is 21.9. The van der Waals surface area contributed by atoms with Crippen molar-refractivity contribution < 1.29 is 42.8 Å². The van der Waals surface area contributed by atoms with Gasteiger partial charge in [0.15, 0.2) is 21.2 Å². The Balaban J connectivity index is 1.42. The van der Waals surface area contributed by atoms with Gasteiger partial charge >= 0.3 is 13.7 Å². The molecule has 4 aromatic rings. The van der Waals surface area contributed by atoms with Gasteiger partial charge in [0.05, 0.1) is 20.3 Å². The Hall–Kier alpha value is -3.12. The Morgan fingerprint density at radius 1 is 1.24 bits per heavy atom. The molecule has 0 spiro atoms. The lowest BCUT2D eigenvalue weighted by atomic mass is 9.96. The lowest BCUT2D eigenvalue weighted by Gasteiger charge is -2.28. The Kier molecular flexibility index (Phi) is 10.4. The minimum Gasteiger partial charge on any atom is -0.479 e. The molecule has 5 N–H and O–H groups in total. The molecule has 1 aliphatic rings. The van der Waals surface area contributed by atoms with Gasteiger partial charge in [0, 0.05) is 28.0 Å². The number of unbranched alkanes of at least 4 members (excludes halogenated alkanes) is 1. The first-order valence-corrected chi connectivity index (χ1v) is 17.2. The zero-order valence-electron chi connectivity index (χ0n) is 25.6. The molecule has 0 aliphatic carbocycles. The monoisotopic (exact) mass is 770 g/mol. The number of methoxy groups -OCH3 is 1. The summed E-state index contributed by atoms with van der Waals surface area (Å²) in [5, 5.41) is 26.9. The predicted octanol–water partition coefficient (Wildman–Crippen LogP) is 3.71. The van der Waals surface area contributed by atoms with Crippen molar-refractivity contribution in [2.24, 2.45) is 0 Å². The Morgan fingerprint density at radius 2 is 1.98 bits per heavy atom. The summed E-state index contributed by atoms with van der Waals surface area (Å²) in [6.45, 7) is 4.52. The largest absolute Gasteiger partial charge is 0.479 e. The molecule has 1 aliphatic heterocycles. The molecule has 17 heteroatoms. The highest BCUT2D eigenvalue weighted by Gasteiger charge is 2.55. The molecule has 1 unspecified atom stereocenters. The lowest BCUT2D eigenvalue weighted by Crippen LogP contribution is -2.45. The first kappa shape index (κ1) is 34.2. The van der Waals surface area contributed by atoms with Gasteiger partial charge in [-0.15, -0.1) is 0 Å². The number of esters is 1. The highest BCUT2D eigenvalue weighted by molar-refractivity contribution is 14.1. The van der Waals surface area contributed by atoms with Crippen LogP contribution in [0.5, 0.6) is 11.6 Å². The number of nitrogen functional groups attached to an aromatic ring is 1. The van der Waals surface area contributed by atoms with E-state index in [1.807, 2.05) is 53.8 Å². The highest BCUT2D eigenvalue weighted by atomic mass is 127. The van der Waals surface area contributed by atoms with E-state index in [1.165, 1.54) is 25.5 Å². The van der Waals surface area contributed by atoms with Crippen LogP contribution in [0.15, 0.2) is 42.5 Å². The summed E-state index contributed by atoms with van der Waals surface area (Å²) in [6, 6.07) is 11.5. The van der Waals surface area contributed by atoms with Gasteiger partial charge in [0.25, 0.3) is 0 Å². The van der Waals surface area contributed by atoms with E-state index in [4.69, 9.17) is 29.0 Å². The van der Waals surface area contributed by atoms with E-state index in [0.29, 0.717) is 15.6 Å². The molecular formula is C29H36IN6O9P. The van der Waals surface area contributed by atoms with Crippen molar-refractivity contribution in [3.8, 4) is 11.6 Å². The number of nitrogens with one attached hydrogen (secondary N) is 1. The molecule has 15 nitrogen and oxygen atoms in total. The molecule has 0 amide bonds. The fraction of sp³-hybridized carbons (Fsp3) is 0.448. The number of benzene rings is 2. The van der Waals surface area contributed by atoms with Crippen LogP contribution in [0.4, 0.5) is 5.95 Å². The van der Waals surface area contributed by atoms with Crippen molar-refractivity contribution in [1.29, 1.82) is 0 Å². The van der Waals surface area contributed by atoms with E-state index < -0.39 is 50.4 Å². The van der Waals surface area contributed by atoms with Crippen molar-refractivity contribution in [3.63, 3.8) is 0 Å². The van der Waals surface area contributed by atoms with Crippen LogP contribution < -0.4 is 20.1 Å². The summed E-state index contributed by atoms with van der Waals surface area (Å²) >= 11 is 1.93. The normalized spacial score (nSPS) is 23.3. The minimum absolute atomic E-state index is 0.0973. The van der Waals surface area contributed by atoms with Crippen LogP contribution >= 0.6 is 30.3 Å². The van der Waals surface area contributed by atoms with Crippen molar-refractivity contribution in [3.05, 3.63) is 46.3 Å². The molecule has 2 aromatic carbocycles. The number of rotatable bonds is 13. The average Bonchev–Trinajstić information content (AvgIpc) is 3.46. The number of aromatic nitrogens is 4. The summed E-state index contributed by atoms with van der Waals surface area (Å²) in [5.74, 6) is -0.377. The number of nitrogens with zero attached hydrogens (tertiary/aromatic N) is 4. The van der Waals surface area contributed by atoms with E-state index >= 15 is 0 Å². The number of aliphatic hydroxyl groups is 2. The summed E-state index contributed by atoms with van der Waals surface area (Å²) in [5.41, 5.74) is 4.45. The minimum atomic E-state index is -4.36. The maximum Gasteiger partial charge on any atom is 0.459 e. The van der Waals surface area contributed by atoms with Crippen LogP contribution in [0.3, 0.4) is 0 Å². The second kappa shape index (κ2) is 13.9. The van der Waals surface area contributed by atoms with Gasteiger partial charge in [-0.2, -0.15) is 15.1 Å². The van der Waals surface area contributed by atoms with Gasteiger partial charge in [-0.25, -0.2) is 9.55 Å². The van der Waals surface area contributed by atoms with Gasteiger partial charge in [-0.3, -0.25) is 13.9 Å². The van der Waals surface area contributed by atoms with Gasteiger partial charge in [-0.05, 0) is 31.7 Å². The number of halogens is 1. The number of carbonyl (C=O) groups excluding carboxylic acids is 1. The standard InChI is InChI=1S/C29H36IN6O9P/c1-5-6-14-42-25(38)16(2)35-46(40,45-19-13-9-11-17-10-7-8-12-18(17)19)43-15-20-22(37)29(3,39)26(44-20)36-23-21(32-27(36)30)24(41-4)34-28(31)33-23/h7-13,16,20,22,26,37,39H,5-6,14-15H2,1-4H3,(H,35,40)(H2,31,33,34)/t16-,20+,22+,26+,29+,46?/m0/s1. The molecule has 3 heterocycles. The zero-order chi connectivity index (χ0) is 33.2. The van der Waals surface area contributed by atoms with Crippen LogP contribution in [0.2, 0.25) is 0 Å². The van der Waals surface area contributed by atoms with Crippen molar-refractivity contribution >= 4 is 64.2 Å². The molecule has 1 saturated heterocycles. The topological polar surface area (TPSA) is 202 Å². The quantitative estimate of drug-likeness (QED) is 0.0504. The molecule has 248 valence electrons. The highest BCUT2D eigenvalue weighted by Crippen LogP contribution is 2.49. The SMILES string of the molecule is CCCCOC(=O)[C@H](C)NP(=O)(OC[C@H]1O[C@@H](n2c(I)nc3c(OC)nc(N)nc32)[C@](C)(O)[C@@H]1O)Oc1cccc2ccccc12. The van der Waals surface area contributed by atoms with Gasteiger partial charge in [-0.1, -0.05) is 49.7 Å². The molecule has 0 bridgehead atoms. The third-order valence-electron chi connectivity index (χ3n) is 7.49. The smallest absolute Gasteiger partial charge is 0.459 e. The van der Waals surface area contributed by atoms with E-state index in [-0.39, 0.29) is 35.3 Å². The number of imidazole rings is 1. The Labute approximate surface area is 278 Å². The number of carbonyl (C=O) groups is 1. The molecule has 5 rings (SSSR count). The summed E-state index contributed by atoms with van der Waals surface area (Å²) in [4.78, 5) is 25.4. The molecular weight excluding hydrogens is 734 g/mol. The Morgan fingerprint density at radius 3 is 2.72 bits per heavy atom. The number of hydrogen-bond acceptors (Lipinski definition) is 13. The maximum atomic E-state index is 14.3. The first-order valence-electron chi connectivity index (χ1n) is 14.6. The van der Waals surface area contributed by atoms with Crippen LogP contribution in [0, 0.1) is 3.83 Å².